The van der Waals surface area contributed by atoms with Gasteiger partial charge in [-0.3, -0.25) is 9.89 Å². The molecule has 0 aliphatic heterocycles. The number of hydrogen-bond acceptors (Lipinski definition) is 3. The molecule has 1 saturated carbocycles. The van der Waals surface area contributed by atoms with E-state index < -0.39 is 0 Å². The van der Waals surface area contributed by atoms with Gasteiger partial charge in [-0.2, -0.15) is 5.10 Å². The zero-order valence-electron chi connectivity index (χ0n) is 14.7. The summed E-state index contributed by atoms with van der Waals surface area (Å²) in [7, 11) is 2.04. The molecule has 1 amide bonds. The monoisotopic (exact) mass is 345 g/mol. The number of nitrogens with zero attached hydrogens (tertiary/aromatic N) is 3. The van der Waals surface area contributed by atoms with Gasteiger partial charge in [-0.1, -0.05) is 0 Å². The Kier molecular flexibility index (Phi) is 3.16. The molecule has 0 unspecified atom stereocenters. The van der Waals surface area contributed by atoms with Gasteiger partial charge < -0.3 is 9.88 Å². The molecular weight excluding hydrogens is 326 g/mol. The molecule has 6 heteroatoms. The van der Waals surface area contributed by atoms with Crippen molar-refractivity contribution < 1.29 is 4.79 Å². The Hall–Kier alpha value is -3.15. The van der Waals surface area contributed by atoms with Crippen LogP contribution in [-0.4, -0.2) is 25.7 Å². The molecular formula is C20H19N5O. The number of amides is 1. The van der Waals surface area contributed by atoms with Crippen molar-refractivity contribution in [3.05, 3.63) is 42.2 Å². The van der Waals surface area contributed by atoms with Crippen molar-refractivity contribution in [1.82, 2.24) is 19.7 Å². The van der Waals surface area contributed by atoms with E-state index in [9.17, 15) is 4.79 Å². The van der Waals surface area contributed by atoms with Crippen molar-refractivity contribution in [3.63, 3.8) is 0 Å². The summed E-state index contributed by atoms with van der Waals surface area (Å²) in [4.78, 5) is 16.4. The number of pyridine rings is 1. The first-order chi connectivity index (χ1) is 12.6. The van der Waals surface area contributed by atoms with Crippen LogP contribution < -0.4 is 5.32 Å². The number of carbonyl (C=O) groups is 1. The standard InChI is InChI=1S/C20H19N5O/c1-11-5-16-14(9-22-24-16)6-15(11)17-7-13-8-19(21-10-18(13)25(17)2)23-20(26)12-3-4-12/h5-10,12H,3-4H2,1-2H3,(H,22,24)(H,21,23,26). The summed E-state index contributed by atoms with van der Waals surface area (Å²) < 4.78 is 2.14. The SMILES string of the molecule is Cc1cc2[nH]ncc2cc1-c1cc2cc(NC(=O)C3CC3)ncc2n1C. The molecule has 3 aromatic heterocycles. The average molecular weight is 345 g/mol. The van der Waals surface area contributed by atoms with Crippen LogP contribution in [0, 0.1) is 12.8 Å². The summed E-state index contributed by atoms with van der Waals surface area (Å²) in [5, 5.41) is 12.2. The summed E-state index contributed by atoms with van der Waals surface area (Å²) in [5.41, 5.74) is 5.55. The molecule has 6 nitrogen and oxygen atoms in total. The highest BCUT2D eigenvalue weighted by molar-refractivity contribution is 5.96. The molecule has 1 aliphatic rings. The van der Waals surface area contributed by atoms with E-state index in [4.69, 9.17) is 0 Å². The van der Waals surface area contributed by atoms with Crippen molar-refractivity contribution in [2.75, 3.05) is 5.32 Å². The molecule has 1 aliphatic carbocycles. The van der Waals surface area contributed by atoms with Crippen LogP contribution in [0.15, 0.2) is 36.7 Å². The fourth-order valence-corrected chi connectivity index (χ4v) is 3.51. The lowest BCUT2D eigenvalue weighted by Crippen LogP contribution is -2.14. The number of hydrogen-bond donors (Lipinski definition) is 2. The fourth-order valence-electron chi connectivity index (χ4n) is 3.51. The van der Waals surface area contributed by atoms with Gasteiger partial charge in [-0.05, 0) is 49.6 Å². The van der Waals surface area contributed by atoms with Crippen LogP contribution in [0.4, 0.5) is 5.82 Å². The first-order valence-electron chi connectivity index (χ1n) is 8.80. The molecule has 0 radical (unpaired) electrons. The maximum atomic E-state index is 12.0. The third-order valence-electron chi connectivity index (χ3n) is 5.19. The van der Waals surface area contributed by atoms with E-state index in [0.717, 1.165) is 40.3 Å². The van der Waals surface area contributed by atoms with E-state index in [1.807, 2.05) is 25.5 Å². The Balaban J connectivity index is 1.59. The summed E-state index contributed by atoms with van der Waals surface area (Å²) in [6.45, 7) is 2.10. The summed E-state index contributed by atoms with van der Waals surface area (Å²) >= 11 is 0. The predicted molar refractivity (Wildman–Crippen MR) is 102 cm³/mol. The largest absolute Gasteiger partial charge is 0.342 e. The lowest BCUT2D eigenvalue weighted by atomic mass is 10.0. The molecule has 3 heterocycles. The molecule has 2 N–H and O–H groups in total. The average Bonchev–Trinajstić information content (AvgIpc) is 3.30. The van der Waals surface area contributed by atoms with Crippen molar-refractivity contribution in [2.24, 2.45) is 13.0 Å². The quantitative estimate of drug-likeness (QED) is 0.593. The maximum absolute atomic E-state index is 12.0. The second-order valence-electron chi connectivity index (χ2n) is 7.10. The number of aromatic amines is 1. The van der Waals surface area contributed by atoms with Gasteiger partial charge in [0, 0.05) is 35.0 Å². The Morgan fingerprint density at radius 1 is 1.19 bits per heavy atom. The number of fused-ring (bicyclic) bond motifs is 2. The van der Waals surface area contributed by atoms with Crippen molar-refractivity contribution in [1.29, 1.82) is 0 Å². The number of anilines is 1. The van der Waals surface area contributed by atoms with Crippen molar-refractivity contribution in [2.45, 2.75) is 19.8 Å². The Morgan fingerprint density at radius 3 is 2.85 bits per heavy atom. The third kappa shape index (κ3) is 2.37. The fraction of sp³-hybridized carbons (Fsp3) is 0.250. The molecule has 26 heavy (non-hydrogen) atoms. The number of aromatic nitrogens is 4. The Labute approximate surface area is 150 Å². The Bertz CT molecular complexity index is 1170. The van der Waals surface area contributed by atoms with Crippen molar-refractivity contribution in [3.8, 4) is 11.3 Å². The summed E-state index contributed by atoms with van der Waals surface area (Å²) in [6, 6.07) is 8.38. The molecule has 130 valence electrons. The zero-order valence-corrected chi connectivity index (χ0v) is 14.7. The maximum Gasteiger partial charge on any atom is 0.228 e. The van der Waals surface area contributed by atoms with Crippen LogP contribution in [-0.2, 0) is 11.8 Å². The van der Waals surface area contributed by atoms with Gasteiger partial charge in [0.05, 0.1) is 23.4 Å². The molecule has 5 rings (SSSR count). The van der Waals surface area contributed by atoms with Crippen LogP contribution in [0.25, 0.3) is 33.1 Å². The van der Waals surface area contributed by atoms with Gasteiger partial charge in [0.2, 0.25) is 5.91 Å². The third-order valence-corrected chi connectivity index (χ3v) is 5.19. The first kappa shape index (κ1) is 15.1. The summed E-state index contributed by atoms with van der Waals surface area (Å²) in [6.07, 6.45) is 5.64. The van der Waals surface area contributed by atoms with Crippen LogP contribution in [0.2, 0.25) is 0 Å². The zero-order chi connectivity index (χ0) is 17.8. The molecule has 0 spiro atoms. The highest BCUT2D eigenvalue weighted by Gasteiger charge is 2.29. The number of H-pyrrole nitrogens is 1. The predicted octanol–water partition coefficient (Wildman–Crippen LogP) is 3.77. The molecule has 1 aromatic carbocycles. The number of nitrogens with one attached hydrogen (secondary N) is 2. The second kappa shape index (κ2) is 5.42. The van der Waals surface area contributed by atoms with Crippen LogP contribution in [0.3, 0.4) is 0 Å². The number of carbonyl (C=O) groups excluding carboxylic acids is 1. The topological polar surface area (TPSA) is 75.6 Å². The smallest absolute Gasteiger partial charge is 0.228 e. The normalized spacial score (nSPS) is 14.2. The summed E-state index contributed by atoms with van der Waals surface area (Å²) in [5.74, 6) is 0.867. The minimum atomic E-state index is 0.0780. The van der Waals surface area contributed by atoms with Crippen molar-refractivity contribution >= 4 is 33.5 Å². The highest BCUT2D eigenvalue weighted by Crippen LogP contribution is 2.33. The van der Waals surface area contributed by atoms with Gasteiger partial charge in [-0.15, -0.1) is 0 Å². The Morgan fingerprint density at radius 2 is 2.04 bits per heavy atom. The van der Waals surface area contributed by atoms with Gasteiger partial charge in [-0.25, -0.2) is 4.98 Å². The molecule has 0 atom stereocenters. The molecule has 4 aromatic rings. The number of benzene rings is 1. The minimum absolute atomic E-state index is 0.0780. The lowest BCUT2D eigenvalue weighted by Gasteiger charge is -2.08. The van der Waals surface area contributed by atoms with E-state index in [-0.39, 0.29) is 11.8 Å². The van der Waals surface area contributed by atoms with Crippen LogP contribution in [0.5, 0.6) is 0 Å². The van der Waals surface area contributed by atoms with Gasteiger partial charge in [0.15, 0.2) is 0 Å². The van der Waals surface area contributed by atoms with E-state index >= 15 is 0 Å². The molecule has 1 fully saturated rings. The van der Waals surface area contributed by atoms with E-state index in [1.165, 1.54) is 11.1 Å². The first-order valence-corrected chi connectivity index (χ1v) is 8.80. The van der Waals surface area contributed by atoms with Gasteiger partial charge in [0.25, 0.3) is 0 Å². The van der Waals surface area contributed by atoms with E-state index in [1.54, 1.807) is 0 Å². The highest BCUT2D eigenvalue weighted by atomic mass is 16.2. The number of aryl methyl sites for hydroxylation is 2. The minimum Gasteiger partial charge on any atom is -0.342 e. The number of rotatable bonds is 3. The second-order valence-corrected chi connectivity index (χ2v) is 7.10. The van der Waals surface area contributed by atoms with Gasteiger partial charge >= 0.3 is 0 Å². The van der Waals surface area contributed by atoms with Gasteiger partial charge in [0.1, 0.15) is 5.82 Å². The van der Waals surface area contributed by atoms with E-state index in [2.05, 4.69) is 50.2 Å². The molecule has 0 saturated heterocycles. The van der Waals surface area contributed by atoms with Crippen LogP contribution >= 0.6 is 0 Å². The van der Waals surface area contributed by atoms with Crippen LogP contribution in [0.1, 0.15) is 18.4 Å². The molecule has 0 bridgehead atoms. The lowest BCUT2D eigenvalue weighted by molar-refractivity contribution is -0.117. The van der Waals surface area contributed by atoms with E-state index in [0.29, 0.717) is 5.82 Å².